The first-order chi connectivity index (χ1) is 12.1. The van der Waals surface area contributed by atoms with E-state index in [1.54, 1.807) is 31.3 Å². The number of hydrogen-bond acceptors (Lipinski definition) is 5. The first-order valence-corrected chi connectivity index (χ1v) is 7.75. The maximum Gasteiger partial charge on any atom is 0.115 e. The second-order valence-corrected chi connectivity index (χ2v) is 5.54. The molecule has 0 aromatic heterocycles. The number of benzene rings is 3. The average Bonchev–Trinajstić information content (AvgIpc) is 2.63. The molecule has 5 nitrogen and oxygen atoms in total. The van der Waals surface area contributed by atoms with Gasteiger partial charge in [-0.05, 0) is 41.0 Å². The predicted octanol–water partition coefficient (Wildman–Crippen LogP) is 4.28. The molecule has 0 fully saturated rings. The highest BCUT2D eigenvalue weighted by molar-refractivity contribution is 6.00. The molecule has 5 heteroatoms. The van der Waals surface area contributed by atoms with Gasteiger partial charge in [0.05, 0.1) is 11.9 Å². The summed E-state index contributed by atoms with van der Waals surface area (Å²) in [6.45, 7) is 0. The molecule has 0 radical (unpaired) electrons. The minimum Gasteiger partial charge on any atom is -0.508 e. The van der Waals surface area contributed by atoms with E-state index in [0.29, 0.717) is 0 Å². The fourth-order valence-corrected chi connectivity index (χ4v) is 2.87. The van der Waals surface area contributed by atoms with Gasteiger partial charge in [-0.25, -0.2) is 0 Å². The van der Waals surface area contributed by atoms with Crippen LogP contribution in [0, 0.1) is 0 Å². The maximum atomic E-state index is 9.59. The Hall–Kier alpha value is -3.47. The highest BCUT2D eigenvalue weighted by atomic mass is 16.4. The molecule has 3 rings (SSSR count). The molecule has 0 aliphatic rings. The smallest absolute Gasteiger partial charge is 0.115 e. The molecular weight excluding hydrogens is 316 g/mol. The van der Waals surface area contributed by atoms with Gasteiger partial charge in [0.15, 0.2) is 0 Å². The van der Waals surface area contributed by atoms with Gasteiger partial charge in [0.2, 0.25) is 0 Å². The summed E-state index contributed by atoms with van der Waals surface area (Å²) in [6.07, 6.45) is 1.37. The molecule has 0 atom stereocenters. The molecule has 3 aromatic carbocycles. The maximum absolute atomic E-state index is 9.59. The Bertz CT molecular complexity index is 901. The van der Waals surface area contributed by atoms with Crippen LogP contribution in [0.15, 0.2) is 65.8 Å². The van der Waals surface area contributed by atoms with Crippen LogP contribution in [0.25, 0.3) is 22.3 Å². The lowest BCUT2D eigenvalue weighted by Gasteiger charge is -2.18. The molecule has 25 heavy (non-hydrogen) atoms. The van der Waals surface area contributed by atoms with E-state index in [0.717, 1.165) is 33.5 Å². The topological polar surface area (TPSA) is 85.1 Å². The number of phenols is 2. The molecule has 3 aromatic rings. The van der Waals surface area contributed by atoms with E-state index in [9.17, 15) is 10.2 Å². The first-order valence-electron chi connectivity index (χ1n) is 7.75. The van der Waals surface area contributed by atoms with E-state index >= 15 is 0 Å². The van der Waals surface area contributed by atoms with Crippen LogP contribution in [0.2, 0.25) is 0 Å². The summed E-state index contributed by atoms with van der Waals surface area (Å²) in [4.78, 5) is 0. The number of hydrogen-bond donors (Lipinski definition) is 4. The van der Waals surface area contributed by atoms with E-state index in [1.165, 1.54) is 6.21 Å². The largest absolute Gasteiger partial charge is 0.508 e. The molecule has 0 saturated carbocycles. The lowest BCUT2D eigenvalue weighted by atomic mass is 9.90. The van der Waals surface area contributed by atoms with Crippen LogP contribution in [0.4, 0.5) is 5.69 Å². The Labute approximate surface area is 145 Å². The van der Waals surface area contributed by atoms with Gasteiger partial charge in [0.1, 0.15) is 11.5 Å². The number of nitrogens with zero attached hydrogens (tertiary/aromatic N) is 1. The Morgan fingerprint density at radius 3 is 1.88 bits per heavy atom. The van der Waals surface area contributed by atoms with E-state index in [4.69, 9.17) is 5.21 Å². The third kappa shape index (κ3) is 3.26. The van der Waals surface area contributed by atoms with Gasteiger partial charge in [-0.15, -0.1) is 0 Å². The van der Waals surface area contributed by atoms with Crippen molar-refractivity contribution in [1.29, 1.82) is 0 Å². The fourth-order valence-electron chi connectivity index (χ4n) is 2.87. The first kappa shape index (κ1) is 16.4. The van der Waals surface area contributed by atoms with Crippen molar-refractivity contribution in [2.45, 2.75) is 0 Å². The third-order valence-electron chi connectivity index (χ3n) is 4.02. The van der Waals surface area contributed by atoms with Gasteiger partial charge in [-0.2, -0.15) is 0 Å². The van der Waals surface area contributed by atoms with Crippen molar-refractivity contribution >= 4 is 11.9 Å². The Morgan fingerprint density at radius 1 is 0.800 bits per heavy atom. The standard InChI is InChI=1S/C20H18N2O3/c1-21-20-15(12-22-25)6-11-18(13-2-7-16(23)8-3-13)19(20)14-4-9-17(24)10-5-14/h2-12,21,23-25H,1H3/b22-12+. The number of rotatable bonds is 4. The van der Waals surface area contributed by atoms with Gasteiger partial charge in [0.25, 0.3) is 0 Å². The Balaban J connectivity index is 2.30. The summed E-state index contributed by atoms with van der Waals surface area (Å²) in [7, 11) is 1.80. The molecule has 126 valence electrons. The monoisotopic (exact) mass is 334 g/mol. The van der Waals surface area contributed by atoms with Crippen molar-refractivity contribution in [1.82, 2.24) is 0 Å². The zero-order valence-corrected chi connectivity index (χ0v) is 13.6. The highest BCUT2D eigenvalue weighted by Crippen LogP contribution is 2.40. The Morgan fingerprint density at radius 2 is 1.36 bits per heavy atom. The lowest BCUT2D eigenvalue weighted by Crippen LogP contribution is -2.00. The highest BCUT2D eigenvalue weighted by Gasteiger charge is 2.15. The number of aromatic hydroxyl groups is 2. The molecule has 0 aliphatic heterocycles. The quantitative estimate of drug-likeness (QED) is 0.326. The molecule has 0 heterocycles. The van der Waals surface area contributed by atoms with Crippen LogP contribution < -0.4 is 5.32 Å². The summed E-state index contributed by atoms with van der Waals surface area (Å²) in [5.74, 6) is 0.391. The van der Waals surface area contributed by atoms with E-state index in [2.05, 4.69) is 10.5 Å². The van der Waals surface area contributed by atoms with Crippen molar-refractivity contribution in [3.8, 4) is 33.8 Å². The minimum atomic E-state index is 0.189. The van der Waals surface area contributed by atoms with Gasteiger partial charge in [-0.1, -0.05) is 41.6 Å². The van der Waals surface area contributed by atoms with Crippen molar-refractivity contribution < 1.29 is 15.4 Å². The van der Waals surface area contributed by atoms with Crippen molar-refractivity contribution in [3.63, 3.8) is 0 Å². The van der Waals surface area contributed by atoms with Crippen LogP contribution in [-0.4, -0.2) is 28.7 Å². The van der Waals surface area contributed by atoms with Crippen LogP contribution in [0.3, 0.4) is 0 Å². The van der Waals surface area contributed by atoms with Crippen LogP contribution in [0.1, 0.15) is 5.56 Å². The molecule has 0 amide bonds. The van der Waals surface area contributed by atoms with Crippen LogP contribution in [0.5, 0.6) is 11.5 Å². The minimum absolute atomic E-state index is 0.189. The second kappa shape index (κ2) is 6.97. The van der Waals surface area contributed by atoms with Crippen LogP contribution >= 0.6 is 0 Å². The second-order valence-electron chi connectivity index (χ2n) is 5.54. The number of oxime groups is 1. The van der Waals surface area contributed by atoms with E-state index in [1.807, 2.05) is 36.4 Å². The summed E-state index contributed by atoms with van der Waals surface area (Å²) in [5, 5.41) is 34.4. The van der Waals surface area contributed by atoms with Gasteiger partial charge < -0.3 is 20.7 Å². The molecule has 0 spiro atoms. The molecule has 4 N–H and O–H groups in total. The molecule has 0 saturated heterocycles. The average molecular weight is 334 g/mol. The summed E-state index contributed by atoms with van der Waals surface area (Å²) >= 11 is 0. The van der Waals surface area contributed by atoms with Crippen molar-refractivity contribution in [2.75, 3.05) is 12.4 Å². The number of nitrogens with one attached hydrogen (secondary N) is 1. The van der Waals surface area contributed by atoms with Gasteiger partial charge in [-0.3, -0.25) is 0 Å². The molecule has 0 unspecified atom stereocenters. The molecule has 0 bridgehead atoms. The SMILES string of the molecule is CNc1c(/C=N/O)ccc(-c2ccc(O)cc2)c1-c1ccc(O)cc1. The molecular formula is C20H18N2O3. The van der Waals surface area contributed by atoms with Crippen LogP contribution in [-0.2, 0) is 0 Å². The van der Waals surface area contributed by atoms with Crippen molar-refractivity contribution in [2.24, 2.45) is 5.16 Å². The summed E-state index contributed by atoms with van der Waals surface area (Å²) in [5.41, 5.74) is 5.23. The number of anilines is 1. The molecule has 0 aliphatic carbocycles. The normalized spacial score (nSPS) is 10.9. The Kier molecular flexibility index (Phi) is 4.57. The van der Waals surface area contributed by atoms with E-state index < -0.39 is 0 Å². The zero-order chi connectivity index (χ0) is 17.8. The number of phenolic OH excluding ortho intramolecular Hbond substituents is 2. The van der Waals surface area contributed by atoms with Crippen molar-refractivity contribution in [3.05, 3.63) is 66.2 Å². The van der Waals surface area contributed by atoms with Gasteiger partial charge in [0, 0.05) is 18.2 Å². The summed E-state index contributed by atoms with van der Waals surface area (Å²) in [6, 6.07) is 17.7. The lowest BCUT2D eigenvalue weighted by molar-refractivity contribution is 0.322. The third-order valence-corrected chi connectivity index (χ3v) is 4.02. The summed E-state index contributed by atoms with van der Waals surface area (Å²) < 4.78 is 0. The predicted molar refractivity (Wildman–Crippen MR) is 99.6 cm³/mol. The zero-order valence-electron chi connectivity index (χ0n) is 13.6. The fraction of sp³-hybridized carbons (Fsp3) is 0.0500. The van der Waals surface area contributed by atoms with E-state index in [-0.39, 0.29) is 11.5 Å². The van der Waals surface area contributed by atoms with Gasteiger partial charge >= 0.3 is 0 Å².